The summed E-state index contributed by atoms with van der Waals surface area (Å²) in [5.41, 5.74) is 0.881. The Hall–Kier alpha value is -4.04. The Labute approximate surface area is 174 Å². The van der Waals surface area contributed by atoms with E-state index in [2.05, 4.69) is 4.98 Å². The van der Waals surface area contributed by atoms with Crippen molar-refractivity contribution in [1.29, 1.82) is 0 Å². The average Bonchev–Trinajstić information content (AvgIpc) is 3.20. The summed E-state index contributed by atoms with van der Waals surface area (Å²) in [4.78, 5) is 25.9. The lowest BCUT2D eigenvalue weighted by Crippen LogP contribution is -1.92. The molecule has 2 heterocycles. The van der Waals surface area contributed by atoms with Crippen LogP contribution in [0.3, 0.4) is 0 Å². The fourth-order valence-electron chi connectivity index (χ4n) is 3.01. The molecule has 0 aliphatic carbocycles. The molecule has 9 heteroatoms. The molecule has 0 atom stereocenters. The minimum absolute atomic E-state index is 0.0712. The number of aromatic nitrogens is 1. The summed E-state index contributed by atoms with van der Waals surface area (Å²) in [5.74, 6) is 0.763. The molecule has 0 saturated heterocycles. The molecule has 4 aromatic rings. The molecule has 2 aromatic carbocycles. The molecule has 8 nitrogen and oxygen atoms in total. The zero-order valence-electron chi connectivity index (χ0n) is 15.2. The first kappa shape index (κ1) is 19.3. The van der Waals surface area contributed by atoms with E-state index in [9.17, 15) is 20.2 Å². The molecule has 2 aromatic heterocycles. The highest BCUT2D eigenvalue weighted by atomic mass is 35.5. The molecule has 0 N–H and O–H groups in total. The summed E-state index contributed by atoms with van der Waals surface area (Å²) in [6.45, 7) is 0. The lowest BCUT2D eigenvalue weighted by molar-refractivity contribution is -0.384. The van der Waals surface area contributed by atoms with Crippen molar-refractivity contribution in [3.05, 3.63) is 97.4 Å². The van der Waals surface area contributed by atoms with Crippen molar-refractivity contribution in [3.63, 3.8) is 0 Å². The second-order valence-electron chi connectivity index (χ2n) is 6.30. The van der Waals surface area contributed by atoms with E-state index in [4.69, 9.17) is 16.0 Å². The molecule has 0 radical (unpaired) electrons. The van der Waals surface area contributed by atoms with Gasteiger partial charge in [0, 0.05) is 22.5 Å². The van der Waals surface area contributed by atoms with Crippen molar-refractivity contribution in [1.82, 2.24) is 4.98 Å². The van der Waals surface area contributed by atoms with Crippen LogP contribution in [0.5, 0.6) is 0 Å². The number of hydrogen-bond acceptors (Lipinski definition) is 6. The van der Waals surface area contributed by atoms with Gasteiger partial charge in [0.15, 0.2) is 0 Å². The standard InChI is InChI=1S/C21H12ClN3O5/c22-14-5-10-17(19(12-14)25(28)29)20-11-9-16(30-20)8-7-15-6-4-13-2-1-3-18(24(26)27)21(13)23-15/h1-12H/b8-7+. The van der Waals surface area contributed by atoms with Crippen molar-refractivity contribution in [2.24, 2.45) is 0 Å². The van der Waals surface area contributed by atoms with E-state index in [0.717, 1.165) is 0 Å². The van der Waals surface area contributed by atoms with Crippen LogP contribution in [0.4, 0.5) is 11.4 Å². The normalized spacial score (nSPS) is 11.2. The van der Waals surface area contributed by atoms with Gasteiger partial charge in [-0.3, -0.25) is 20.2 Å². The van der Waals surface area contributed by atoms with Crippen LogP contribution in [0.2, 0.25) is 5.02 Å². The summed E-state index contributed by atoms with van der Waals surface area (Å²) in [6, 6.07) is 15.9. The van der Waals surface area contributed by atoms with Crippen molar-refractivity contribution < 1.29 is 14.3 Å². The predicted octanol–water partition coefficient (Wildman–Crippen LogP) is 6.14. The molecule has 0 fully saturated rings. The Morgan fingerprint density at radius 2 is 1.70 bits per heavy atom. The first-order valence-electron chi connectivity index (χ1n) is 8.69. The second-order valence-corrected chi connectivity index (χ2v) is 6.73. The number of nitro benzene ring substituents is 2. The highest BCUT2D eigenvalue weighted by Gasteiger charge is 2.18. The fraction of sp³-hybridized carbons (Fsp3) is 0. The van der Waals surface area contributed by atoms with E-state index in [1.54, 1.807) is 54.6 Å². The second kappa shape index (κ2) is 7.76. The topological polar surface area (TPSA) is 112 Å². The van der Waals surface area contributed by atoms with Gasteiger partial charge in [-0.2, -0.15) is 0 Å². The number of benzene rings is 2. The van der Waals surface area contributed by atoms with Crippen molar-refractivity contribution in [2.45, 2.75) is 0 Å². The molecule has 0 aliphatic heterocycles. The molecule has 148 valence electrons. The van der Waals surface area contributed by atoms with E-state index in [1.165, 1.54) is 18.2 Å². The Morgan fingerprint density at radius 3 is 2.47 bits per heavy atom. The number of rotatable bonds is 5. The minimum atomic E-state index is -0.523. The molecule has 0 amide bonds. The van der Waals surface area contributed by atoms with Crippen molar-refractivity contribution >= 4 is 46.0 Å². The zero-order valence-corrected chi connectivity index (χ0v) is 15.9. The number of furan rings is 1. The van der Waals surface area contributed by atoms with Crippen LogP contribution in [0.15, 0.2) is 65.1 Å². The highest BCUT2D eigenvalue weighted by molar-refractivity contribution is 6.30. The summed E-state index contributed by atoms with van der Waals surface area (Å²) in [6.07, 6.45) is 3.28. The largest absolute Gasteiger partial charge is 0.456 e. The number of nitrogens with zero attached hydrogens (tertiary/aromatic N) is 3. The summed E-state index contributed by atoms with van der Waals surface area (Å²) < 4.78 is 5.70. The number of non-ortho nitro benzene ring substituents is 1. The number of pyridine rings is 1. The maximum atomic E-state index is 11.3. The quantitative estimate of drug-likeness (QED) is 0.282. The maximum absolute atomic E-state index is 11.3. The average molecular weight is 422 g/mol. The molecule has 0 spiro atoms. The summed E-state index contributed by atoms with van der Waals surface area (Å²) >= 11 is 5.85. The van der Waals surface area contributed by atoms with Gasteiger partial charge in [0.25, 0.3) is 11.4 Å². The Morgan fingerprint density at radius 1 is 0.900 bits per heavy atom. The van der Waals surface area contributed by atoms with Gasteiger partial charge in [-0.05, 0) is 42.5 Å². The minimum Gasteiger partial charge on any atom is -0.456 e. The van der Waals surface area contributed by atoms with Gasteiger partial charge in [-0.25, -0.2) is 4.98 Å². The molecule has 0 unspecified atom stereocenters. The van der Waals surface area contributed by atoms with Gasteiger partial charge in [0.2, 0.25) is 0 Å². The van der Waals surface area contributed by atoms with Gasteiger partial charge in [0.05, 0.1) is 21.1 Å². The van der Waals surface area contributed by atoms with Gasteiger partial charge < -0.3 is 4.42 Å². The molecular formula is C21H12ClN3O5. The zero-order chi connectivity index (χ0) is 21.3. The van der Waals surface area contributed by atoms with E-state index in [1.807, 2.05) is 0 Å². The molecular weight excluding hydrogens is 410 g/mol. The number of halogens is 1. The van der Waals surface area contributed by atoms with E-state index in [-0.39, 0.29) is 16.4 Å². The first-order chi connectivity index (χ1) is 14.4. The van der Waals surface area contributed by atoms with Gasteiger partial charge in [-0.1, -0.05) is 29.8 Å². The number of para-hydroxylation sites is 1. The van der Waals surface area contributed by atoms with Crippen molar-refractivity contribution in [3.8, 4) is 11.3 Å². The SMILES string of the molecule is O=[N+]([O-])c1cc(Cl)ccc1-c1ccc(/C=C/c2ccc3cccc([N+](=O)[O-])c3n2)o1. The third kappa shape index (κ3) is 3.76. The number of hydrogen-bond donors (Lipinski definition) is 0. The van der Waals surface area contributed by atoms with Gasteiger partial charge >= 0.3 is 0 Å². The third-order valence-corrected chi connectivity index (χ3v) is 4.62. The lowest BCUT2D eigenvalue weighted by Gasteiger charge is -2.01. The Bertz CT molecular complexity index is 1330. The van der Waals surface area contributed by atoms with Gasteiger partial charge in [-0.15, -0.1) is 0 Å². The number of fused-ring (bicyclic) bond motifs is 1. The van der Waals surface area contributed by atoms with Crippen LogP contribution in [-0.2, 0) is 0 Å². The van der Waals surface area contributed by atoms with Crippen LogP contribution >= 0.6 is 11.6 Å². The Kier molecular flexibility index (Phi) is 4.99. The van der Waals surface area contributed by atoms with Gasteiger partial charge in [0.1, 0.15) is 17.0 Å². The molecule has 0 aliphatic rings. The highest BCUT2D eigenvalue weighted by Crippen LogP contribution is 2.33. The Balaban J connectivity index is 1.66. The van der Waals surface area contributed by atoms with E-state index < -0.39 is 9.85 Å². The van der Waals surface area contributed by atoms with Crippen LogP contribution in [-0.4, -0.2) is 14.8 Å². The fourth-order valence-corrected chi connectivity index (χ4v) is 3.17. The smallest absolute Gasteiger partial charge is 0.295 e. The van der Waals surface area contributed by atoms with Crippen LogP contribution < -0.4 is 0 Å². The molecule has 0 bridgehead atoms. The molecule has 0 saturated carbocycles. The first-order valence-corrected chi connectivity index (χ1v) is 9.06. The van der Waals surface area contributed by atoms with Crippen LogP contribution in [0, 0.1) is 20.2 Å². The summed E-state index contributed by atoms with van der Waals surface area (Å²) in [7, 11) is 0. The van der Waals surface area contributed by atoms with Crippen molar-refractivity contribution in [2.75, 3.05) is 0 Å². The van der Waals surface area contributed by atoms with Crippen LogP contribution in [0.1, 0.15) is 11.5 Å². The third-order valence-electron chi connectivity index (χ3n) is 4.38. The van der Waals surface area contributed by atoms with E-state index in [0.29, 0.717) is 33.7 Å². The molecule has 4 rings (SSSR count). The lowest BCUT2D eigenvalue weighted by atomic mass is 10.1. The maximum Gasteiger partial charge on any atom is 0.295 e. The van der Waals surface area contributed by atoms with Crippen LogP contribution in [0.25, 0.3) is 34.4 Å². The number of nitro groups is 2. The molecule has 30 heavy (non-hydrogen) atoms. The predicted molar refractivity (Wildman–Crippen MR) is 113 cm³/mol. The summed E-state index contributed by atoms with van der Waals surface area (Å²) in [5, 5.41) is 23.4. The van der Waals surface area contributed by atoms with E-state index >= 15 is 0 Å². The monoisotopic (exact) mass is 421 g/mol.